The first-order valence-electron chi connectivity index (χ1n) is 4.25. The van der Waals surface area contributed by atoms with E-state index in [1.165, 1.54) is 22.3 Å². The van der Waals surface area contributed by atoms with Gasteiger partial charge in [0.1, 0.15) is 0 Å². The van der Waals surface area contributed by atoms with Crippen molar-refractivity contribution in [1.82, 2.24) is 0 Å². The zero-order valence-electron chi connectivity index (χ0n) is 7.30. The van der Waals surface area contributed by atoms with Gasteiger partial charge in [0, 0.05) is 0 Å². The molecule has 0 saturated heterocycles. The number of hydrogen-bond donors (Lipinski definition) is 0. The highest BCUT2D eigenvalue weighted by molar-refractivity contribution is 5.84. The van der Waals surface area contributed by atoms with Gasteiger partial charge in [-0.25, -0.2) is 0 Å². The topological polar surface area (TPSA) is 0 Å². The van der Waals surface area contributed by atoms with Crippen LogP contribution in [0.2, 0.25) is 0 Å². The Morgan fingerprint density at radius 2 is 2.08 bits per heavy atom. The molecule has 0 N–H and O–H groups in total. The molecule has 0 amide bonds. The van der Waals surface area contributed by atoms with Crippen LogP contribution in [0.25, 0.3) is 5.57 Å². The maximum atomic E-state index is 4.08. The fourth-order valence-corrected chi connectivity index (χ4v) is 1.73. The minimum absolute atomic E-state index is 1.06. The van der Waals surface area contributed by atoms with Crippen LogP contribution in [0.1, 0.15) is 18.1 Å². The number of hydrogen-bond acceptors (Lipinski definition) is 0. The van der Waals surface area contributed by atoms with Gasteiger partial charge in [0.15, 0.2) is 0 Å². The highest BCUT2D eigenvalue weighted by Gasteiger charge is 2.17. The molecular weight excluding hydrogens is 144 g/mol. The molecule has 0 heteroatoms. The van der Waals surface area contributed by atoms with Crippen LogP contribution >= 0.6 is 0 Å². The SMILES string of the molecule is C=C1/C(=C\C)Cc2ccccc21. The zero-order chi connectivity index (χ0) is 8.55. The van der Waals surface area contributed by atoms with Gasteiger partial charge in [-0.3, -0.25) is 0 Å². The maximum absolute atomic E-state index is 4.08. The summed E-state index contributed by atoms with van der Waals surface area (Å²) in [7, 11) is 0. The number of benzene rings is 1. The first-order chi connectivity index (χ1) is 5.83. The molecule has 0 fully saturated rings. The van der Waals surface area contributed by atoms with Gasteiger partial charge in [0.05, 0.1) is 0 Å². The van der Waals surface area contributed by atoms with Crippen LogP contribution in [-0.2, 0) is 6.42 Å². The zero-order valence-corrected chi connectivity index (χ0v) is 7.30. The summed E-state index contributed by atoms with van der Waals surface area (Å²) in [5.74, 6) is 0. The summed E-state index contributed by atoms with van der Waals surface area (Å²) in [6, 6.07) is 8.48. The van der Waals surface area contributed by atoms with E-state index in [-0.39, 0.29) is 0 Å². The van der Waals surface area contributed by atoms with Crippen molar-refractivity contribution < 1.29 is 0 Å². The van der Waals surface area contributed by atoms with Crippen LogP contribution in [-0.4, -0.2) is 0 Å². The van der Waals surface area contributed by atoms with Gasteiger partial charge in [0.25, 0.3) is 0 Å². The molecule has 1 aliphatic carbocycles. The van der Waals surface area contributed by atoms with Crippen LogP contribution in [0.4, 0.5) is 0 Å². The second-order valence-electron chi connectivity index (χ2n) is 3.13. The van der Waals surface area contributed by atoms with E-state index in [0.717, 1.165) is 6.42 Å². The van der Waals surface area contributed by atoms with E-state index >= 15 is 0 Å². The third kappa shape index (κ3) is 0.918. The van der Waals surface area contributed by atoms with Crippen LogP contribution in [0, 0.1) is 0 Å². The molecule has 1 aromatic rings. The summed E-state index contributed by atoms with van der Waals surface area (Å²) in [5, 5.41) is 0. The van der Waals surface area contributed by atoms with Crippen LogP contribution in [0.15, 0.2) is 42.5 Å². The maximum Gasteiger partial charge on any atom is -0.00169 e. The highest BCUT2D eigenvalue weighted by atomic mass is 14.2. The summed E-state index contributed by atoms with van der Waals surface area (Å²) < 4.78 is 0. The fraction of sp³-hybridized carbons (Fsp3) is 0.167. The second kappa shape index (κ2) is 2.63. The van der Waals surface area contributed by atoms with E-state index in [9.17, 15) is 0 Å². The summed E-state index contributed by atoms with van der Waals surface area (Å²) in [4.78, 5) is 0. The summed E-state index contributed by atoms with van der Waals surface area (Å²) in [5.41, 5.74) is 5.31. The Kier molecular flexibility index (Phi) is 1.61. The van der Waals surface area contributed by atoms with Crippen molar-refractivity contribution in [3.05, 3.63) is 53.6 Å². The first-order valence-corrected chi connectivity index (χ1v) is 4.25. The Balaban J connectivity index is 2.56. The molecule has 1 aliphatic rings. The Morgan fingerprint density at radius 1 is 1.33 bits per heavy atom. The molecule has 0 heterocycles. The molecule has 12 heavy (non-hydrogen) atoms. The van der Waals surface area contributed by atoms with E-state index in [2.05, 4.69) is 43.8 Å². The average Bonchev–Trinajstić information content (AvgIpc) is 2.44. The molecule has 0 unspecified atom stereocenters. The average molecular weight is 156 g/mol. The van der Waals surface area contributed by atoms with Gasteiger partial charge in [-0.15, -0.1) is 0 Å². The standard InChI is InChI=1S/C12H12/c1-3-10-8-11-6-4-5-7-12(11)9(10)2/h3-7H,2,8H2,1H3/b10-3-. The first kappa shape index (κ1) is 7.35. The lowest BCUT2D eigenvalue weighted by Gasteiger charge is -1.96. The molecular formula is C12H12. The molecule has 1 aromatic carbocycles. The van der Waals surface area contributed by atoms with E-state index < -0.39 is 0 Å². The molecule has 0 aromatic heterocycles. The van der Waals surface area contributed by atoms with Crippen molar-refractivity contribution in [3.8, 4) is 0 Å². The van der Waals surface area contributed by atoms with Gasteiger partial charge < -0.3 is 0 Å². The molecule has 0 bridgehead atoms. The van der Waals surface area contributed by atoms with Crippen LogP contribution in [0.3, 0.4) is 0 Å². The van der Waals surface area contributed by atoms with E-state index in [0.29, 0.717) is 0 Å². The van der Waals surface area contributed by atoms with Gasteiger partial charge >= 0.3 is 0 Å². The summed E-state index contributed by atoms with van der Waals surface area (Å²) in [6.45, 7) is 6.16. The van der Waals surface area contributed by atoms with E-state index in [1.54, 1.807) is 0 Å². The summed E-state index contributed by atoms with van der Waals surface area (Å²) in [6.07, 6.45) is 3.22. The Labute approximate surface area is 73.2 Å². The molecule has 0 radical (unpaired) electrons. The molecule has 0 saturated carbocycles. The van der Waals surface area contributed by atoms with Crippen molar-refractivity contribution in [1.29, 1.82) is 0 Å². The third-order valence-corrected chi connectivity index (χ3v) is 2.46. The lowest BCUT2D eigenvalue weighted by molar-refractivity contribution is 1.26. The largest absolute Gasteiger partial charge is 0.0909 e. The highest BCUT2D eigenvalue weighted by Crippen LogP contribution is 2.34. The van der Waals surface area contributed by atoms with Gasteiger partial charge in [-0.05, 0) is 35.6 Å². The molecule has 0 atom stereocenters. The van der Waals surface area contributed by atoms with Crippen molar-refractivity contribution in [2.24, 2.45) is 0 Å². The van der Waals surface area contributed by atoms with Crippen LogP contribution < -0.4 is 0 Å². The van der Waals surface area contributed by atoms with Crippen molar-refractivity contribution >= 4 is 5.57 Å². The van der Waals surface area contributed by atoms with E-state index in [4.69, 9.17) is 0 Å². The Morgan fingerprint density at radius 3 is 2.75 bits per heavy atom. The second-order valence-corrected chi connectivity index (χ2v) is 3.13. The number of allylic oxidation sites excluding steroid dienone is 3. The smallest absolute Gasteiger partial charge is 0.00169 e. The van der Waals surface area contributed by atoms with E-state index in [1.807, 2.05) is 0 Å². The molecule has 0 aliphatic heterocycles. The summed E-state index contributed by atoms with van der Waals surface area (Å²) >= 11 is 0. The van der Waals surface area contributed by atoms with Crippen molar-refractivity contribution in [2.45, 2.75) is 13.3 Å². The third-order valence-electron chi connectivity index (χ3n) is 2.46. The Hall–Kier alpha value is -1.30. The molecule has 0 spiro atoms. The van der Waals surface area contributed by atoms with Gasteiger partial charge in [-0.2, -0.15) is 0 Å². The predicted octanol–water partition coefficient (Wildman–Crippen LogP) is 3.20. The monoisotopic (exact) mass is 156 g/mol. The number of fused-ring (bicyclic) bond motifs is 1. The van der Waals surface area contributed by atoms with Gasteiger partial charge in [0.2, 0.25) is 0 Å². The fourth-order valence-electron chi connectivity index (χ4n) is 1.73. The molecule has 2 rings (SSSR count). The lowest BCUT2D eigenvalue weighted by Crippen LogP contribution is -1.77. The minimum Gasteiger partial charge on any atom is -0.0909 e. The molecule has 60 valence electrons. The number of rotatable bonds is 0. The quantitative estimate of drug-likeness (QED) is 0.541. The normalized spacial score (nSPS) is 18.4. The minimum atomic E-state index is 1.06. The predicted molar refractivity (Wildman–Crippen MR) is 52.9 cm³/mol. The molecule has 0 nitrogen and oxygen atoms in total. The van der Waals surface area contributed by atoms with Crippen LogP contribution in [0.5, 0.6) is 0 Å². The van der Waals surface area contributed by atoms with Gasteiger partial charge in [-0.1, -0.05) is 36.9 Å². The van der Waals surface area contributed by atoms with Crippen molar-refractivity contribution in [2.75, 3.05) is 0 Å². The Bertz CT molecular complexity index is 356. The van der Waals surface area contributed by atoms with Crippen molar-refractivity contribution in [3.63, 3.8) is 0 Å². The lowest BCUT2D eigenvalue weighted by atomic mass is 10.1.